The van der Waals surface area contributed by atoms with E-state index in [0.717, 1.165) is 35.1 Å². The van der Waals surface area contributed by atoms with Gasteiger partial charge in [0, 0.05) is 35.9 Å². The number of benzene rings is 1. The molecule has 5 rings (SSSR count). The average molecular weight is 428 g/mol. The van der Waals surface area contributed by atoms with E-state index in [1.807, 2.05) is 18.2 Å². The maximum absolute atomic E-state index is 14.1. The summed E-state index contributed by atoms with van der Waals surface area (Å²) in [6.07, 6.45) is 7.73. The van der Waals surface area contributed by atoms with Gasteiger partial charge in [-0.1, -0.05) is 6.08 Å². The monoisotopic (exact) mass is 427 g/mol. The number of ether oxygens (including phenoxy) is 1. The predicted octanol–water partition coefficient (Wildman–Crippen LogP) is 3.96. The molecule has 0 spiro atoms. The Hall–Kier alpha value is -2.71. The summed E-state index contributed by atoms with van der Waals surface area (Å²) in [5, 5.41) is 0.880. The molecule has 1 aliphatic carbocycles. The average Bonchev–Trinajstić information content (AvgIpc) is 3.43. The van der Waals surface area contributed by atoms with E-state index in [-0.39, 0.29) is 11.9 Å². The minimum atomic E-state index is -3.20. The van der Waals surface area contributed by atoms with Crippen molar-refractivity contribution in [3.05, 3.63) is 54.1 Å². The number of nitrogens with zero attached hydrogens (tertiary/aromatic N) is 2. The standard InChI is InChI=1S/C22H22FN3O3S/c1-30(27,28)26-10-7-14(8-11-26)20-13-19-17(6-9-24-22(19)25-20)18-12-15(23)2-5-21(18)29-16-3-4-16/h2,5-7,9,12-13,16H,3-4,8,10-11H2,1H3,(H,24,25). The summed E-state index contributed by atoms with van der Waals surface area (Å²) in [7, 11) is -3.20. The van der Waals surface area contributed by atoms with Crippen LogP contribution < -0.4 is 4.74 Å². The van der Waals surface area contributed by atoms with Crippen molar-refractivity contribution in [3.63, 3.8) is 0 Å². The lowest BCUT2D eigenvalue weighted by molar-refractivity contribution is 0.304. The highest BCUT2D eigenvalue weighted by Gasteiger charge is 2.26. The number of rotatable bonds is 5. The molecule has 1 N–H and O–H groups in total. The molecule has 0 saturated heterocycles. The van der Waals surface area contributed by atoms with Gasteiger partial charge < -0.3 is 9.72 Å². The highest BCUT2D eigenvalue weighted by molar-refractivity contribution is 7.88. The third-order valence-electron chi connectivity index (χ3n) is 5.57. The van der Waals surface area contributed by atoms with Crippen molar-refractivity contribution in [3.8, 4) is 16.9 Å². The van der Waals surface area contributed by atoms with Gasteiger partial charge in [-0.3, -0.25) is 0 Å². The van der Waals surface area contributed by atoms with E-state index in [9.17, 15) is 12.8 Å². The molecule has 1 aliphatic heterocycles. The van der Waals surface area contributed by atoms with E-state index in [4.69, 9.17) is 4.74 Å². The van der Waals surface area contributed by atoms with E-state index in [1.165, 1.54) is 22.7 Å². The summed E-state index contributed by atoms with van der Waals surface area (Å²) in [6, 6.07) is 8.48. The maximum Gasteiger partial charge on any atom is 0.211 e. The normalized spacial score (nSPS) is 17.9. The Morgan fingerprint density at radius 1 is 1.20 bits per heavy atom. The lowest BCUT2D eigenvalue weighted by Crippen LogP contribution is -2.33. The number of pyridine rings is 1. The first-order chi connectivity index (χ1) is 14.4. The first-order valence-corrected chi connectivity index (χ1v) is 11.8. The molecule has 3 aromatic rings. The van der Waals surface area contributed by atoms with Gasteiger partial charge in [0.05, 0.1) is 12.4 Å². The van der Waals surface area contributed by atoms with E-state index in [1.54, 1.807) is 12.3 Å². The van der Waals surface area contributed by atoms with Gasteiger partial charge in [-0.2, -0.15) is 4.31 Å². The second-order valence-electron chi connectivity index (χ2n) is 7.86. The second-order valence-corrected chi connectivity index (χ2v) is 9.84. The fourth-order valence-corrected chi connectivity index (χ4v) is 4.58. The number of hydrogen-bond donors (Lipinski definition) is 1. The smallest absolute Gasteiger partial charge is 0.211 e. The van der Waals surface area contributed by atoms with Crippen LogP contribution in [0.25, 0.3) is 27.7 Å². The molecule has 8 heteroatoms. The van der Waals surface area contributed by atoms with Crippen molar-refractivity contribution in [2.45, 2.75) is 25.4 Å². The Bertz CT molecular complexity index is 1260. The Kier molecular flexibility index (Phi) is 4.63. The van der Waals surface area contributed by atoms with Crippen LogP contribution in [-0.4, -0.2) is 48.1 Å². The minimum absolute atomic E-state index is 0.207. The van der Waals surface area contributed by atoms with Crippen LogP contribution in [0.15, 0.2) is 42.6 Å². The SMILES string of the molecule is CS(=O)(=O)N1CC=C(c2cc3c(-c4cc(F)ccc4OC4CC4)ccnc3[nH]2)CC1. The molecule has 0 atom stereocenters. The first-order valence-electron chi connectivity index (χ1n) is 9.97. The van der Waals surface area contributed by atoms with Crippen molar-refractivity contribution in [2.75, 3.05) is 19.3 Å². The van der Waals surface area contributed by atoms with Crippen LogP contribution >= 0.6 is 0 Å². The molecular weight excluding hydrogens is 405 g/mol. The van der Waals surface area contributed by atoms with Gasteiger partial charge in [0.2, 0.25) is 10.0 Å². The van der Waals surface area contributed by atoms with Gasteiger partial charge in [-0.15, -0.1) is 0 Å². The molecule has 0 bridgehead atoms. The van der Waals surface area contributed by atoms with Gasteiger partial charge in [-0.05, 0) is 60.7 Å². The molecule has 1 aromatic carbocycles. The molecule has 2 aromatic heterocycles. The van der Waals surface area contributed by atoms with Crippen LogP contribution in [0.2, 0.25) is 0 Å². The van der Waals surface area contributed by atoms with Crippen LogP contribution in [-0.2, 0) is 10.0 Å². The van der Waals surface area contributed by atoms with E-state index in [0.29, 0.717) is 36.5 Å². The number of fused-ring (bicyclic) bond motifs is 1. The molecule has 0 unspecified atom stereocenters. The zero-order valence-electron chi connectivity index (χ0n) is 16.6. The summed E-state index contributed by atoms with van der Waals surface area (Å²) < 4.78 is 45.0. The highest BCUT2D eigenvalue weighted by atomic mass is 32.2. The van der Waals surface area contributed by atoms with E-state index >= 15 is 0 Å². The van der Waals surface area contributed by atoms with Crippen molar-refractivity contribution in [2.24, 2.45) is 0 Å². The van der Waals surface area contributed by atoms with Crippen LogP contribution in [0.3, 0.4) is 0 Å². The zero-order valence-corrected chi connectivity index (χ0v) is 17.4. The first kappa shape index (κ1) is 19.3. The summed E-state index contributed by atoms with van der Waals surface area (Å²) in [6.45, 7) is 0.802. The zero-order chi connectivity index (χ0) is 20.9. The largest absolute Gasteiger partial charge is 0.490 e. The lowest BCUT2D eigenvalue weighted by atomic mass is 10.0. The van der Waals surface area contributed by atoms with E-state index < -0.39 is 10.0 Å². The number of H-pyrrole nitrogens is 1. The number of halogens is 1. The molecule has 156 valence electrons. The van der Waals surface area contributed by atoms with Gasteiger partial charge in [0.15, 0.2) is 0 Å². The molecule has 1 fully saturated rings. The predicted molar refractivity (Wildman–Crippen MR) is 114 cm³/mol. The third-order valence-corrected chi connectivity index (χ3v) is 6.84. The number of nitrogens with one attached hydrogen (secondary N) is 1. The van der Waals surface area contributed by atoms with Crippen LogP contribution in [0, 0.1) is 5.82 Å². The van der Waals surface area contributed by atoms with Crippen LogP contribution in [0.1, 0.15) is 25.0 Å². The van der Waals surface area contributed by atoms with Gasteiger partial charge in [-0.25, -0.2) is 17.8 Å². The molecule has 1 saturated carbocycles. The number of hydrogen-bond acceptors (Lipinski definition) is 4. The lowest BCUT2D eigenvalue weighted by Gasteiger charge is -2.23. The third kappa shape index (κ3) is 3.73. The number of sulfonamides is 1. The fourth-order valence-electron chi connectivity index (χ4n) is 3.81. The number of aromatic amines is 1. The second kappa shape index (κ2) is 7.21. The molecule has 2 aliphatic rings. The summed E-state index contributed by atoms with van der Waals surface area (Å²) in [4.78, 5) is 7.77. The van der Waals surface area contributed by atoms with Gasteiger partial charge >= 0.3 is 0 Å². The van der Waals surface area contributed by atoms with Crippen molar-refractivity contribution in [1.29, 1.82) is 0 Å². The van der Waals surface area contributed by atoms with Gasteiger partial charge in [0.1, 0.15) is 17.2 Å². The van der Waals surface area contributed by atoms with Crippen molar-refractivity contribution in [1.82, 2.24) is 14.3 Å². The Morgan fingerprint density at radius 3 is 2.73 bits per heavy atom. The quantitative estimate of drug-likeness (QED) is 0.669. The van der Waals surface area contributed by atoms with Crippen LogP contribution in [0.5, 0.6) is 5.75 Å². The van der Waals surface area contributed by atoms with Crippen LogP contribution in [0.4, 0.5) is 4.39 Å². The Balaban J connectivity index is 1.54. The van der Waals surface area contributed by atoms with Crippen molar-refractivity contribution >= 4 is 26.6 Å². The maximum atomic E-state index is 14.1. The van der Waals surface area contributed by atoms with Crippen molar-refractivity contribution < 1.29 is 17.5 Å². The minimum Gasteiger partial charge on any atom is -0.490 e. The fraction of sp³-hybridized carbons (Fsp3) is 0.318. The molecule has 30 heavy (non-hydrogen) atoms. The Labute approximate surface area is 174 Å². The molecule has 0 amide bonds. The summed E-state index contributed by atoms with van der Waals surface area (Å²) in [5.74, 6) is 0.361. The molecule has 0 radical (unpaired) electrons. The van der Waals surface area contributed by atoms with E-state index in [2.05, 4.69) is 9.97 Å². The summed E-state index contributed by atoms with van der Waals surface area (Å²) in [5.41, 5.74) is 4.22. The molecule has 3 heterocycles. The number of aromatic nitrogens is 2. The van der Waals surface area contributed by atoms with Gasteiger partial charge in [0.25, 0.3) is 0 Å². The summed E-state index contributed by atoms with van der Waals surface area (Å²) >= 11 is 0. The molecule has 6 nitrogen and oxygen atoms in total. The topological polar surface area (TPSA) is 75.3 Å². The highest BCUT2D eigenvalue weighted by Crippen LogP contribution is 2.39. The Morgan fingerprint density at radius 2 is 2.03 bits per heavy atom. The molecular formula is C22H22FN3O3S.